The predicted octanol–water partition coefficient (Wildman–Crippen LogP) is 5.60. The Kier molecular flexibility index (Phi) is 7.86. The van der Waals surface area contributed by atoms with Crippen molar-refractivity contribution in [2.24, 2.45) is 0 Å². The minimum Gasteiger partial charge on any atom is -0.496 e. The molecular formula is C20H23F3O3S. The summed E-state index contributed by atoms with van der Waals surface area (Å²) in [7, 11) is 1.64. The van der Waals surface area contributed by atoms with Crippen molar-refractivity contribution in [3.05, 3.63) is 53.6 Å². The van der Waals surface area contributed by atoms with E-state index >= 15 is 0 Å². The number of thioether (sulfide) groups is 1. The van der Waals surface area contributed by atoms with E-state index in [-0.39, 0.29) is 12.7 Å². The lowest BCUT2D eigenvalue weighted by Gasteiger charge is -2.18. The highest BCUT2D eigenvalue weighted by molar-refractivity contribution is 7.99. The fourth-order valence-corrected chi connectivity index (χ4v) is 3.43. The number of rotatable bonds is 9. The Balaban J connectivity index is 1.90. The summed E-state index contributed by atoms with van der Waals surface area (Å²) in [4.78, 5) is 1.09. The first kappa shape index (κ1) is 21.4. The molecule has 1 atom stereocenters. The first-order chi connectivity index (χ1) is 12.8. The third-order valence-electron chi connectivity index (χ3n) is 3.82. The lowest BCUT2D eigenvalue weighted by Crippen LogP contribution is -2.24. The van der Waals surface area contributed by atoms with E-state index in [1.165, 1.54) is 12.1 Å². The van der Waals surface area contributed by atoms with Gasteiger partial charge in [0.1, 0.15) is 24.2 Å². The molecule has 0 unspecified atom stereocenters. The van der Waals surface area contributed by atoms with Crippen LogP contribution in [0, 0.1) is 6.92 Å². The van der Waals surface area contributed by atoms with E-state index in [0.29, 0.717) is 18.1 Å². The molecule has 0 saturated heterocycles. The highest BCUT2D eigenvalue weighted by Crippen LogP contribution is 2.30. The number of benzene rings is 2. The van der Waals surface area contributed by atoms with Gasteiger partial charge < -0.3 is 14.2 Å². The number of methoxy groups -OCH3 is 1. The van der Waals surface area contributed by atoms with E-state index in [1.54, 1.807) is 18.9 Å². The van der Waals surface area contributed by atoms with Gasteiger partial charge in [-0.05, 0) is 61.9 Å². The van der Waals surface area contributed by atoms with Crippen LogP contribution in [0.2, 0.25) is 0 Å². The number of halogens is 3. The van der Waals surface area contributed by atoms with Gasteiger partial charge in [0, 0.05) is 17.3 Å². The predicted molar refractivity (Wildman–Crippen MR) is 101 cm³/mol. The maximum Gasteiger partial charge on any atom is 0.416 e. The maximum absolute atomic E-state index is 12.6. The topological polar surface area (TPSA) is 27.7 Å². The minimum absolute atomic E-state index is 0.176. The largest absolute Gasteiger partial charge is 0.496 e. The summed E-state index contributed by atoms with van der Waals surface area (Å²) in [6.07, 6.45) is -4.52. The summed E-state index contributed by atoms with van der Waals surface area (Å²) in [6.45, 7) is 4.68. The number of alkyl halides is 3. The molecule has 7 heteroatoms. The van der Waals surface area contributed by atoms with Crippen LogP contribution in [0.5, 0.6) is 11.5 Å². The molecule has 0 aliphatic rings. The van der Waals surface area contributed by atoms with Gasteiger partial charge in [-0.3, -0.25) is 0 Å². The summed E-state index contributed by atoms with van der Waals surface area (Å²) >= 11 is 1.63. The molecule has 0 N–H and O–H groups in total. The Morgan fingerprint density at radius 2 is 1.78 bits per heavy atom. The Labute approximate surface area is 161 Å². The number of hydrogen-bond donors (Lipinski definition) is 0. The molecule has 148 valence electrons. The molecule has 0 fully saturated rings. The summed E-state index contributed by atoms with van der Waals surface area (Å²) in [6, 6.07) is 10.6. The molecule has 0 spiro atoms. The third kappa shape index (κ3) is 6.66. The van der Waals surface area contributed by atoms with Crippen LogP contribution in [0.25, 0.3) is 0 Å². The second-order valence-electron chi connectivity index (χ2n) is 5.85. The van der Waals surface area contributed by atoms with Gasteiger partial charge in [-0.25, -0.2) is 0 Å². The summed E-state index contributed by atoms with van der Waals surface area (Å²) < 4.78 is 54.4. The van der Waals surface area contributed by atoms with E-state index < -0.39 is 11.7 Å². The zero-order valence-electron chi connectivity index (χ0n) is 15.5. The van der Waals surface area contributed by atoms with Crippen molar-refractivity contribution in [2.75, 3.05) is 26.1 Å². The Bertz CT molecular complexity index is 717. The Morgan fingerprint density at radius 1 is 1.07 bits per heavy atom. The number of hydrogen-bond acceptors (Lipinski definition) is 4. The Morgan fingerprint density at radius 3 is 2.33 bits per heavy atom. The lowest BCUT2D eigenvalue weighted by atomic mass is 10.2. The van der Waals surface area contributed by atoms with E-state index in [2.05, 4.69) is 0 Å². The van der Waals surface area contributed by atoms with Crippen molar-refractivity contribution < 1.29 is 27.4 Å². The van der Waals surface area contributed by atoms with Gasteiger partial charge in [0.15, 0.2) is 0 Å². The van der Waals surface area contributed by atoms with Crippen LogP contribution < -0.4 is 9.47 Å². The zero-order valence-corrected chi connectivity index (χ0v) is 16.3. The first-order valence-electron chi connectivity index (χ1n) is 8.52. The summed E-state index contributed by atoms with van der Waals surface area (Å²) in [5.74, 6) is 1.89. The SMILES string of the molecule is CCO[C@@H](COc1ccc(C(F)(F)F)cc1)CSc1ccc(OC)c(C)c1. The number of aryl methyl sites for hydroxylation is 1. The van der Waals surface area contributed by atoms with Crippen molar-refractivity contribution in [2.45, 2.75) is 31.0 Å². The van der Waals surface area contributed by atoms with Crippen molar-refractivity contribution >= 4 is 11.8 Å². The van der Waals surface area contributed by atoms with Crippen LogP contribution in [-0.2, 0) is 10.9 Å². The first-order valence-corrected chi connectivity index (χ1v) is 9.51. The quantitative estimate of drug-likeness (QED) is 0.512. The van der Waals surface area contributed by atoms with Crippen molar-refractivity contribution in [1.82, 2.24) is 0 Å². The van der Waals surface area contributed by atoms with E-state index in [0.717, 1.165) is 28.3 Å². The molecule has 0 aromatic heterocycles. The maximum atomic E-state index is 12.6. The molecule has 0 aliphatic heterocycles. The average Bonchev–Trinajstić information content (AvgIpc) is 2.63. The average molecular weight is 400 g/mol. The van der Waals surface area contributed by atoms with Crippen LogP contribution in [0.15, 0.2) is 47.4 Å². The molecule has 2 rings (SSSR count). The molecule has 0 heterocycles. The minimum atomic E-state index is -4.35. The molecule has 3 nitrogen and oxygen atoms in total. The molecule has 0 bridgehead atoms. The molecule has 0 saturated carbocycles. The fraction of sp³-hybridized carbons (Fsp3) is 0.400. The van der Waals surface area contributed by atoms with E-state index in [1.807, 2.05) is 32.0 Å². The smallest absolute Gasteiger partial charge is 0.416 e. The van der Waals surface area contributed by atoms with Gasteiger partial charge in [-0.1, -0.05) is 0 Å². The highest BCUT2D eigenvalue weighted by Gasteiger charge is 2.30. The summed E-state index contributed by atoms with van der Waals surface area (Å²) in [5.41, 5.74) is 0.359. The standard InChI is InChI=1S/C20H23F3O3S/c1-4-25-17(13-27-18-9-10-19(24-3)14(2)11-18)12-26-16-7-5-15(6-8-16)20(21,22)23/h5-11,17H,4,12-13H2,1-3H3/t17-/m0/s1. The van der Waals surface area contributed by atoms with Gasteiger partial charge in [-0.15, -0.1) is 11.8 Å². The van der Waals surface area contributed by atoms with Crippen LogP contribution in [0.1, 0.15) is 18.1 Å². The van der Waals surface area contributed by atoms with Crippen LogP contribution >= 0.6 is 11.8 Å². The second-order valence-corrected chi connectivity index (χ2v) is 6.95. The van der Waals surface area contributed by atoms with Gasteiger partial charge in [-0.2, -0.15) is 13.2 Å². The normalized spacial score (nSPS) is 12.7. The molecular weight excluding hydrogens is 377 g/mol. The van der Waals surface area contributed by atoms with Crippen molar-refractivity contribution in [3.63, 3.8) is 0 Å². The second kappa shape index (κ2) is 9.90. The van der Waals surface area contributed by atoms with Crippen molar-refractivity contribution in [1.29, 1.82) is 0 Å². The molecule has 27 heavy (non-hydrogen) atoms. The van der Waals surface area contributed by atoms with E-state index in [4.69, 9.17) is 14.2 Å². The van der Waals surface area contributed by atoms with Gasteiger partial charge in [0.2, 0.25) is 0 Å². The zero-order chi connectivity index (χ0) is 19.9. The highest BCUT2D eigenvalue weighted by atomic mass is 32.2. The third-order valence-corrected chi connectivity index (χ3v) is 4.95. The number of ether oxygens (including phenoxy) is 3. The fourth-order valence-electron chi connectivity index (χ4n) is 2.44. The van der Waals surface area contributed by atoms with Gasteiger partial charge >= 0.3 is 6.18 Å². The summed E-state index contributed by atoms with van der Waals surface area (Å²) in [5, 5.41) is 0. The van der Waals surface area contributed by atoms with Crippen LogP contribution in [-0.4, -0.2) is 32.2 Å². The van der Waals surface area contributed by atoms with E-state index in [9.17, 15) is 13.2 Å². The molecule has 0 amide bonds. The van der Waals surface area contributed by atoms with Gasteiger partial charge in [0.25, 0.3) is 0 Å². The lowest BCUT2D eigenvalue weighted by molar-refractivity contribution is -0.137. The molecule has 2 aromatic carbocycles. The van der Waals surface area contributed by atoms with Crippen LogP contribution in [0.3, 0.4) is 0 Å². The molecule has 0 aliphatic carbocycles. The molecule has 2 aromatic rings. The Hall–Kier alpha value is -1.86. The van der Waals surface area contributed by atoms with Crippen molar-refractivity contribution in [3.8, 4) is 11.5 Å². The van der Waals surface area contributed by atoms with Gasteiger partial charge in [0.05, 0.1) is 12.7 Å². The monoisotopic (exact) mass is 400 g/mol. The van der Waals surface area contributed by atoms with Crippen LogP contribution in [0.4, 0.5) is 13.2 Å². The molecule has 0 radical (unpaired) electrons.